The normalized spacial score (nSPS) is 9.94. The average Bonchev–Trinajstić information content (AvgIpc) is 2.30. The number of rotatable bonds is 4. The molecule has 0 fully saturated rings. The van der Waals surface area contributed by atoms with Crippen molar-refractivity contribution in [2.75, 3.05) is 12.3 Å². The van der Waals surface area contributed by atoms with Crippen LogP contribution in [0.4, 0.5) is 5.95 Å². The maximum atomic E-state index is 5.51. The quantitative estimate of drug-likeness (QED) is 0.842. The fourth-order valence-electron chi connectivity index (χ4n) is 1.10. The van der Waals surface area contributed by atoms with E-state index >= 15 is 0 Å². The third-order valence-corrected chi connectivity index (χ3v) is 1.73. The van der Waals surface area contributed by atoms with Crippen molar-refractivity contribution in [3.8, 4) is 17.8 Å². The Balaban J connectivity index is 2.21. The number of anilines is 1. The molecule has 2 aromatic rings. The van der Waals surface area contributed by atoms with E-state index in [1.807, 2.05) is 6.92 Å². The van der Waals surface area contributed by atoms with Gasteiger partial charge in [-0.2, -0.15) is 9.97 Å². The molecule has 7 heteroatoms. The molecule has 0 aliphatic rings. The van der Waals surface area contributed by atoms with Gasteiger partial charge in [-0.1, -0.05) is 0 Å². The van der Waals surface area contributed by atoms with Gasteiger partial charge in [0.15, 0.2) is 0 Å². The number of nitrogen functional groups attached to an aromatic ring is 1. The molecule has 0 bridgehead atoms. The van der Waals surface area contributed by atoms with Crippen molar-refractivity contribution >= 4 is 5.95 Å². The zero-order valence-electron chi connectivity index (χ0n) is 9.20. The third kappa shape index (κ3) is 3.00. The molecule has 0 aromatic carbocycles. The molecule has 0 aliphatic heterocycles. The van der Waals surface area contributed by atoms with Crippen LogP contribution in [-0.2, 0) is 0 Å². The minimum absolute atomic E-state index is 0.0438. The molecule has 0 spiro atoms. The molecule has 0 aliphatic carbocycles. The Morgan fingerprint density at radius 2 is 2.06 bits per heavy atom. The van der Waals surface area contributed by atoms with Gasteiger partial charge in [0.05, 0.1) is 12.8 Å². The van der Waals surface area contributed by atoms with Gasteiger partial charge in [0.2, 0.25) is 5.95 Å². The molecule has 2 heterocycles. The van der Waals surface area contributed by atoms with Crippen molar-refractivity contribution in [1.29, 1.82) is 0 Å². The van der Waals surface area contributed by atoms with Crippen molar-refractivity contribution in [2.45, 2.75) is 6.92 Å². The van der Waals surface area contributed by atoms with E-state index in [9.17, 15) is 0 Å². The zero-order valence-corrected chi connectivity index (χ0v) is 9.20. The van der Waals surface area contributed by atoms with E-state index < -0.39 is 0 Å². The summed E-state index contributed by atoms with van der Waals surface area (Å²) in [5, 5.41) is 0. The molecule has 0 saturated carbocycles. The van der Waals surface area contributed by atoms with Crippen LogP contribution in [0.2, 0.25) is 0 Å². The van der Waals surface area contributed by atoms with Gasteiger partial charge in [-0.3, -0.25) is 4.98 Å². The molecule has 2 N–H and O–H groups in total. The van der Waals surface area contributed by atoms with Crippen LogP contribution in [0.15, 0.2) is 24.5 Å². The first-order chi connectivity index (χ1) is 8.28. The monoisotopic (exact) mass is 233 g/mol. The predicted molar refractivity (Wildman–Crippen MR) is 59.7 cm³/mol. The maximum absolute atomic E-state index is 5.51. The van der Waals surface area contributed by atoms with Crippen LogP contribution in [0.5, 0.6) is 17.8 Å². The molecule has 0 atom stereocenters. The highest BCUT2D eigenvalue weighted by Gasteiger charge is 2.07. The van der Waals surface area contributed by atoms with Crippen molar-refractivity contribution in [3.05, 3.63) is 24.5 Å². The number of hydrogen-bond donors (Lipinski definition) is 1. The molecule has 0 amide bonds. The van der Waals surface area contributed by atoms with E-state index in [0.29, 0.717) is 12.4 Å². The molecule has 0 unspecified atom stereocenters. The first-order valence-corrected chi connectivity index (χ1v) is 5.00. The van der Waals surface area contributed by atoms with E-state index in [1.165, 1.54) is 0 Å². The Morgan fingerprint density at radius 1 is 1.24 bits per heavy atom. The van der Waals surface area contributed by atoms with Gasteiger partial charge < -0.3 is 15.2 Å². The summed E-state index contributed by atoms with van der Waals surface area (Å²) in [6, 6.07) is 3.68. The number of pyridine rings is 1. The summed E-state index contributed by atoms with van der Waals surface area (Å²) in [7, 11) is 0. The SMILES string of the molecule is CCOc1nc(N)nc(Oc2cccnc2)n1. The van der Waals surface area contributed by atoms with Crippen LogP contribution >= 0.6 is 0 Å². The molecule has 0 radical (unpaired) electrons. The van der Waals surface area contributed by atoms with Crippen molar-refractivity contribution in [3.63, 3.8) is 0 Å². The van der Waals surface area contributed by atoms with Crippen LogP contribution in [0.3, 0.4) is 0 Å². The lowest BCUT2D eigenvalue weighted by Gasteiger charge is -2.05. The highest BCUT2D eigenvalue weighted by Crippen LogP contribution is 2.18. The van der Waals surface area contributed by atoms with Crippen LogP contribution in [0.1, 0.15) is 6.92 Å². The maximum Gasteiger partial charge on any atom is 0.330 e. The lowest BCUT2D eigenvalue weighted by atomic mass is 10.5. The average molecular weight is 233 g/mol. The fourth-order valence-corrected chi connectivity index (χ4v) is 1.10. The second-order valence-corrected chi connectivity index (χ2v) is 2.98. The summed E-state index contributed by atoms with van der Waals surface area (Å²) < 4.78 is 10.5. The fraction of sp³-hybridized carbons (Fsp3) is 0.200. The Hall–Kier alpha value is -2.44. The van der Waals surface area contributed by atoms with Gasteiger partial charge >= 0.3 is 12.0 Å². The summed E-state index contributed by atoms with van der Waals surface area (Å²) >= 11 is 0. The first-order valence-electron chi connectivity index (χ1n) is 5.00. The van der Waals surface area contributed by atoms with Gasteiger partial charge in [-0.15, -0.1) is 4.98 Å². The molecule has 2 aromatic heterocycles. The number of nitrogens with zero attached hydrogens (tertiary/aromatic N) is 4. The van der Waals surface area contributed by atoms with Crippen LogP contribution in [0, 0.1) is 0 Å². The number of aromatic nitrogens is 4. The van der Waals surface area contributed by atoms with Crippen molar-refractivity contribution in [2.24, 2.45) is 0 Å². The Bertz CT molecular complexity index is 491. The van der Waals surface area contributed by atoms with Crippen molar-refractivity contribution < 1.29 is 9.47 Å². The molecule has 0 saturated heterocycles. The number of hydrogen-bond acceptors (Lipinski definition) is 7. The van der Waals surface area contributed by atoms with Crippen LogP contribution in [-0.4, -0.2) is 26.5 Å². The summed E-state index contributed by atoms with van der Waals surface area (Å²) in [5.41, 5.74) is 5.51. The van der Waals surface area contributed by atoms with E-state index in [0.717, 1.165) is 0 Å². The molecule has 7 nitrogen and oxygen atoms in total. The Labute approximate surface area is 97.7 Å². The lowest BCUT2D eigenvalue weighted by Crippen LogP contribution is -2.04. The third-order valence-electron chi connectivity index (χ3n) is 1.73. The predicted octanol–water partition coefficient (Wildman–Crippen LogP) is 1.04. The van der Waals surface area contributed by atoms with E-state index in [-0.39, 0.29) is 18.0 Å². The minimum atomic E-state index is 0.0438. The van der Waals surface area contributed by atoms with E-state index in [2.05, 4.69) is 19.9 Å². The zero-order chi connectivity index (χ0) is 12.1. The summed E-state index contributed by atoms with van der Waals surface area (Å²) in [5.74, 6) is 0.558. The summed E-state index contributed by atoms with van der Waals surface area (Å²) in [4.78, 5) is 15.5. The van der Waals surface area contributed by atoms with Gasteiger partial charge in [-0.05, 0) is 19.1 Å². The number of ether oxygens (including phenoxy) is 2. The van der Waals surface area contributed by atoms with Gasteiger partial charge in [0, 0.05) is 6.20 Å². The van der Waals surface area contributed by atoms with E-state index in [1.54, 1.807) is 24.5 Å². The molecule has 2 rings (SSSR count). The van der Waals surface area contributed by atoms with Crippen LogP contribution in [0.25, 0.3) is 0 Å². The summed E-state index contributed by atoms with van der Waals surface area (Å²) in [6.45, 7) is 2.26. The van der Waals surface area contributed by atoms with Gasteiger partial charge in [0.25, 0.3) is 0 Å². The second kappa shape index (κ2) is 5.06. The number of nitrogens with two attached hydrogens (primary N) is 1. The first kappa shape index (κ1) is 11.1. The molecular weight excluding hydrogens is 222 g/mol. The topological polar surface area (TPSA) is 96.0 Å². The standard InChI is InChI=1S/C10H11N5O2/c1-2-16-9-13-8(11)14-10(15-9)17-7-4-3-5-12-6-7/h3-6H,2H2,1H3,(H2,11,13,14,15). The summed E-state index contributed by atoms with van der Waals surface area (Å²) in [6.07, 6.45) is 3.18. The molecular formula is C10H11N5O2. The lowest BCUT2D eigenvalue weighted by molar-refractivity contribution is 0.304. The van der Waals surface area contributed by atoms with E-state index in [4.69, 9.17) is 15.2 Å². The van der Waals surface area contributed by atoms with Crippen molar-refractivity contribution in [1.82, 2.24) is 19.9 Å². The smallest absolute Gasteiger partial charge is 0.330 e. The molecule has 17 heavy (non-hydrogen) atoms. The highest BCUT2D eigenvalue weighted by molar-refractivity contribution is 5.24. The van der Waals surface area contributed by atoms with Gasteiger partial charge in [-0.25, -0.2) is 0 Å². The van der Waals surface area contributed by atoms with Crippen LogP contribution < -0.4 is 15.2 Å². The second-order valence-electron chi connectivity index (χ2n) is 2.98. The Morgan fingerprint density at radius 3 is 2.76 bits per heavy atom. The van der Waals surface area contributed by atoms with Gasteiger partial charge in [0.1, 0.15) is 5.75 Å². The molecule has 88 valence electrons. The largest absolute Gasteiger partial charge is 0.464 e. The Kier molecular flexibility index (Phi) is 3.29. The minimum Gasteiger partial charge on any atom is -0.464 e. The highest BCUT2D eigenvalue weighted by atomic mass is 16.5.